The van der Waals surface area contributed by atoms with Gasteiger partial charge in [-0.2, -0.15) is 9.78 Å². The van der Waals surface area contributed by atoms with E-state index < -0.39 is 0 Å². The van der Waals surface area contributed by atoms with Crippen LogP contribution in [0.1, 0.15) is 11.4 Å². The summed E-state index contributed by atoms with van der Waals surface area (Å²) in [4.78, 5) is 20.5. The highest BCUT2D eigenvalue weighted by atomic mass is 79.9. The van der Waals surface area contributed by atoms with E-state index in [1.807, 2.05) is 48.5 Å². The van der Waals surface area contributed by atoms with Crippen LogP contribution in [0.5, 0.6) is 0 Å². The molecule has 0 saturated heterocycles. The molecule has 0 radical (unpaired) electrons. The summed E-state index contributed by atoms with van der Waals surface area (Å²) in [6.07, 6.45) is 1.65. The molecule has 118 valence electrons. The monoisotopic (exact) mass is 380 g/mol. The SMILES string of the molecule is Cc1nc2c([nH]c3ccc(Br)cc32)c(=O)n1N=Cc1ccccc1. The number of fused-ring (bicyclic) bond motifs is 3. The Bertz CT molecular complexity index is 1140. The zero-order chi connectivity index (χ0) is 16.7. The maximum atomic E-state index is 12.8. The van der Waals surface area contributed by atoms with Crippen molar-refractivity contribution >= 4 is 44.1 Å². The van der Waals surface area contributed by atoms with Crippen LogP contribution < -0.4 is 5.56 Å². The second-order valence-electron chi connectivity index (χ2n) is 5.47. The summed E-state index contributed by atoms with van der Waals surface area (Å²) >= 11 is 3.46. The highest BCUT2D eigenvalue weighted by Gasteiger charge is 2.13. The predicted octanol–water partition coefficient (Wildman–Crippen LogP) is 3.83. The van der Waals surface area contributed by atoms with Gasteiger partial charge in [-0.25, -0.2) is 4.98 Å². The van der Waals surface area contributed by atoms with Gasteiger partial charge in [0.25, 0.3) is 5.56 Å². The lowest BCUT2D eigenvalue weighted by molar-refractivity contribution is 0.770. The van der Waals surface area contributed by atoms with Crippen molar-refractivity contribution in [2.24, 2.45) is 5.10 Å². The summed E-state index contributed by atoms with van der Waals surface area (Å²) in [5, 5.41) is 5.22. The lowest BCUT2D eigenvalue weighted by atomic mass is 10.2. The van der Waals surface area contributed by atoms with Crippen molar-refractivity contribution in [3.8, 4) is 0 Å². The third-order valence-electron chi connectivity index (χ3n) is 3.84. The highest BCUT2D eigenvalue weighted by Crippen LogP contribution is 2.25. The van der Waals surface area contributed by atoms with Crippen molar-refractivity contribution in [1.29, 1.82) is 0 Å². The van der Waals surface area contributed by atoms with Crippen molar-refractivity contribution in [3.05, 3.63) is 74.7 Å². The largest absolute Gasteiger partial charge is 0.349 e. The Labute approximate surface area is 145 Å². The van der Waals surface area contributed by atoms with Crippen LogP contribution in [-0.2, 0) is 0 Å². The number of rotatable bonds is 2. The molecule has 24 heavy (non-hydrogen) atoms. The molecule has 0 saturated carbocycles. The minimum Gasteiger partial charge on any atom is -0.349 e. The summed E-state index contributed by atoms with van der Waals surface area (Å²) in [6.45, 7) is 1.78. The average Bonchev–Trinajstić information content (AvgIpc) is 2.94. The number of H-pyrrole nitrogens is 1. The van der Waals surface area contributed by atoms with Crippen LogP contribution >= 0.6 is 15.9 Å². The second-order valence-corrected chi connectivity index (χ2v) is 6.39. The standard InChI is InChI=1S/C18H13BrN4O/c1-11-21-16-14-9-13(19)7-8-15(14)22-17(16)18(24)23(11)20-10-12-5-3-2-4-6-12/h2-10,22H,1H3. The Morgan fingerprint density at radius 1 is 1.21 bits per heavy atom. The van der Waals surface area contributed by atoms with Crippen molar-refractivity contribution in [3.63, 3.8) is 0 Å². The number of hydrogen-bond acceptors (Lipinski definition) is 3. The third-order valence-corrected chi connectivity index (χ3v) is 4.33. The number of aromatic amines is 1. The molecule has 0 atom stereocenters. The van der Waals surface area contributed by atoms with E-state index in [0.29, 0.717) is 16.9 Å². The maximum Gasteiger partial charge on any atom is 0.298 e. The van der Waals surface area contributed by atoms with E-state index in [9.17, 15) is 4.79 Å². The number of aryl methyl sites for hydroxylation is 1. The van der Waals surface area contributed by atoms with Gasteiger partial charge in [-0.05, 0) is 30.7 Å². The van der Waals surface area contributed by atoms with Gasteiger partial charge in [0, 0.05) is 15.4 Å². The van der Waals surface area contributed by atoms with Crippen LogP contribution in [0.3, 0.4) is 0 Å². The Hall–Kier alpha value is -2.73. The first-order chi connectivity index (χ1) is 11.6. The summed E-state index contributed by atoms with van der Waals surface area (Å²) in [5.74, 6) is 0.542. The zero-order valence-electron chi connectivity index (χ0n) is 12.8. The molecule has 2 aromatic carbocycles. The summed E-state index contributed by atoms with van der Waals surface area (Å²) in [6, 6.07) is 15.4. The molecule has 0 bridgehead atoms. The van der Waals surface area contributed by atoms with Crippen LogP contribution in [0.25, 0.3) is 21.9 Å². The first-order valence-corrected chi connectivity index (χ1v) is 8.23. The van der Waals surface area contributed by atoms with Crippen LogP contribution in [0.4, 0.5) is 0 Å². The lowest BCUT2D eigenvalue weighted by Crippen LogP contribution is -2.20. The van der Waals surface area contributed by atoms with E-state index in [4.69, 9.17) is 0 Å². The zero-order valence-corrected chi connectivity index (χ0v) is 14.4. The van der Waals surface area contributed by atoms with Gasteiger partial charge in [0.2, 0.25) is 0 Å². The molecule has 4 aromatic rings. The van der Waals surface area contributed by atoms with Gasteiger partial charge < -0.3 is 4.98 Å². The fourth-order valence-electron chi connectivity index (χ4n) is 2.68. The Kier molecular flexibility index (Phi) is 3.54. The van der Waals surface area contributed by atoms with E-state index in [1.165, 1.54) is 4.68 Å². The van der Waals surface area contributed by atoms with E-state index in [0.717, 1.165) is 20.9 Å². The fourth-order valence-corrected chi connectivity index (χ4v) is 3.04. The molecule has 6 heteroatoms. The second kappa shape index (κ2) is 5.72. The van der Waals surface area contributed by atoms with E-state index in [-0.39, 0.29) is 5.56 Å². The molecule has 0 aliphatic carbocycles. The predicted molar refractivity (Wildman–Crippen MR) is 99.7 cm³/mol. The lowest BCUT2D eigenvalue weighted by Gasteiger charge is -2.03. The highest BCUT2D eigenvalue weighted by molar-refractivity contribution is 9.10. The number of hydrogen-bond donors (Lipinski definition) is 1. The minimum absolute atomic E-state index is 0.211. The maximum absolute atomic E-state index is 12.8. The quantitative estimate of drug-likeness (QED) is 0.537. The molecule has 0 aliphatic heterocycles. The normalized spacial score (nSPS) is 11.8. The molecular weight excluding hydrogens is 368 g/mol. The van der Waals surface area contributed by atoms with Crippen LogP contribution in [0, 0.1) is 6.92 Å². The first-order valence-electron chi connectivity index (χ1n) is 7.43. The van der Waals surface area contributed by atoms with Gasteiger partial charge in [0.1, 0.15) is 16.9 Å². The molecule has 4 rings (SSSR count). The van der Waals surface area contributed by atoms with Gasteiger partial charge in [0.15, 0.2) is 0 Å². The summed E-state index contributed by atoms with van der Waals surface area (Å²) in [5.41, 5.74) is 2.71. The third kappa shape index (κ3) is 2.45. The van der Waals surface area contributed by atoms with Gasteiger partial charge in [-0.3, -0.25) is 4.79 Å². The van der Waals surface area contributed by atoms with E-state index in [1.54, 1.807) is 13.1 Å². The number of nitrogens with zero attached hydrogens (tertiary/aromatic N) is 3. The Morgan fingerprint density at radius 3 is 2.79 bits per heavy atom. The van der Waals surface area contributed by atoms with Crippen molar-refractivity contribution < 1.29 is 0 Å². The smallest absolute Gasteiger partial charge is 0.298 e. The molecule has 2 aromatic heterocycles. The minimum atomic E-state index is -0.211. The first kappa shape index (κ1) is 14.8. The molecule has 0 amide bonds. The van der Waals surface area contributed by atoms with E-state index >= 15 is 0 Å². The summed E-state index contributed by atoms with van der Waals surface area (Å²) in [7, 11) is 0. The topological polar surface area (TPSA) is 63.0 Å². The molecule has 0 fully saturated rings. The molecule has 2 heterocycles. The van der Waals surface area contributed by atoms with E-state index in [2.05, 4.69) is 31.0 Å². The molecule has 0 spiro atoms. The van der Waals surface area contributed by atoms with Crippen LogP contribution in [-0.4, -0.2) is 20.9 Å². The van der Waals surface area contributed by atoms with Crippen LogP contribution in [0.15, 0.2) is 62.9 Å². The van der Waals surface area contributed by atoms with Crippen molar-refractivity contribution in [1.82, 2.24) is 14.6 Å². The Morgan fingerprint density at radius 2 is 2.00 bits per heavy atom. The fraction of sp³-hybridized carbons (Fsp3) is 0.0556. The van der Waals surface area contributed by atoms with Crippen LogP contribution in [0.2, 0.25) is 0 Å². The molecule has 0 aliphatic rings. The van der Waals surface area contributed by atoms with Gasteiger partial charge >= 0.3 is 0 Å². The molecule has 0 unspecified atom stereocenters. The van der Waals surface area contributed by atoms with Gasteiger partial charge in [-0.1, -0.05) is 46.3 Å². The van der Waals surface area contributed by atoms with Gasteiger partial charge in [-0.15, -0.1) is 0 Å². The number of nitrogens with one attached hydrogen (secondary N) is 1. The Balaban J connectivity index is 1.93. The molecule has 5 nitrogen and oxygen atoms in total. The molecule has 1 N–H and O–H groups in total. The molecular formula is C18H13BrN4O. The van der Waals surface area contributed by atoms with Crippen molar-refractivity contribution in [2.45, 2.75) is 6.92 Å². The average molecular weight is 381 g/mol. The number of benzene rings is 2. The summed E-state index contributed by atoms with van der Waals surface area (Å²) < 4.78 is 2.27. The number of halogens is 1. The van der Waals surface area contributed by atoms with Gasteiger partial charge in [0.05, 0.1) is 6.21 Å². The van der Waals surface area contributed by atoms with Crippen molar-refractivity contribution in [2.75, 3.05) is 0 Å². The number of aromatic nitrogens is 3.